The molecule has 5 aliphatic rings. The number of rotatable bonds is 10. The van der Waals surface area contributed by atoms with Crippen molar-refractivity contribution < 1.29 is 4.39 Å². The molecule has 3 saturated heterocycles. The maximum atomic E-state index is 15.2. The number of H-pyrrole nitrogens is 1. The second-order valence-corrected chi connectivity index (χ2v) is 18.0. The van der Waals surface area contributed by atoms with Crippen LogP contribution in [-0.2, 0) is 13.1 Å². The average molecular weight is 785 g/mol. The summed E-state index contributed by atoms with van der Waals surface area (Å²) in [6, 6.07) is 15.5. The van der Waals surface area contributed by atoms with Gasteiger partial charge < -0.3 is 25.0 Å². The summed E-state index contributed by atoms with van der Waals surface area (Å²) in [4.78, 5) is 23.5. The molecule has 10 nitrogen and oxygen atoms in total. The van der Waals surface area contributed by atoms with Gasteiger partial charge >= 0.3 is 0 Å². The summed E-state index contributed by atoms with van der Waals surface area (Å²) in [5.74, 6) is 1.54. The van der Waals surface area contributed by atoms with Crippen molar-refractivity contribution in [1.82, 2.24) is 40.1 Å². The predicted octanol–water partition coefficient (Wildman–Crippen LogP) is 7.84. The van der Waals surface area contributed by atoms with Crippen molar-refractivity contribution in [2.24, 2.45) is 5.92 Å². The largest absolute Gasteiger partial charge is 0.369 e. The number of para-hydroxylation sites is 1. The normalized spacial score (nSPS) is 22.8. The Morgan fingerprint density at radius 1 is 0.897 bits per heavy atom. The lowest BCUT2D eigenvalue weighted by atomic mass is 9.92. The van der Waals surface area contributed by atoms with Gasteiger partial charge in [0.05, 0.1) is 12.1 Å². The Balaban J connectivity index is 0.745. The van der Waals surface area contributed by atoms with E-state index in [0.29, 0.717) is 0 Å². The van der Waals surface area contributed by atoms with E-state index in [1.807, 2.05) is 12.4 Å². The summed E-state index contributed by atoms with van der Waals surface area (Å²) in [5, 5.41) is 8.88. The van der Waals surface area contributed by atoms with Gasteiger partial charge in [-0.2, -0.15) is 0 Å². The molecule has 4 aromatic rings. The van der Waals surface area contributed by atoms with Crippen LogP contribution in [0.5, 0.6) is 0 Å². The molecule has 7 heterocycles. The number of aromatic nitrogens is 3. The van der Waals surface area contributed by atoms with Crippen molar-refractivity contribution in [2.75, 3.05) is 69.2 Å². The number of allylic oxidation sites excluding steroid dienone is 1. The number of hydrogen-bond donors (Lipinski definition) is 2. The molecule has 0 saturated carbocycles. The fourth-order valence-corrected chi connectivity index (χ4v) is 10.2. The number of alkyl halides is 1. The van der Waals surface area contributed by atoms with E-state index in [-0.39, 0.29) is 18.6 Å². The van der Waals surface area contributed by atoms with Crippen molar-refractivity contribution in [3.8, 4) is 0 Å². The summed E-state index contributed by atoms with van der Waals surface area (Å²) >= 11 is 0. The second kappa shape index (κ2) is 15.8. The van der Waals surface area contributed by atoms with Gasteiger partial charge in [0, 0.05) is 129 Å². The molecule has 0 spiro atoms. The van der Waals surface area contributed by atoms with Crippen LogP contribution in [0.15, 0.2) is 86.0 Å². The van der Waals surface area contributed by atoms with Gasteiger partial charge in [0.2, 0.25) is 5.95 Å². The first kappa shape index (κ1) is 38.8. The summed E-state index contributed by atoms with van der Waals surface area (Å²) in [6.07, 6.45) is 10.8. The van der Waals surface area contributed by atoms with E-state index in [1.165, 1.54) is 60.0 Å². The van der Waals surface area contributed by atoms with Crippen LogP contribution in [0.3, 0.4) is 0 Å². The number of fused-ring (bicyclic) bond motifs is 4. The molecule has 5 aliphatic heterocycles. The molecule has 58 heavy (non-hydrogen) atoms. The molecule has 306 valence electrons. The zero-order chi connectivity index (χ0) is 40.1. The van der Waals surface area contributed by atoms with Crippen LogP contribution < -0.4 is 15.1 Å². The first-order valence-electron chi connectivity index (χ1n) is 21.5. The molecule has 2 unspecified atom stereocenters. The molecule has 0 aliphatic carbocycles. The zero-order valence-corrected chi connectivity index (χ0v) is 34.8. The Bertz CT molecular complexity index is 2150. The van der Waals surface area contributed by atoms with Crippen molar-refractivity contribution in [3.05, 3.63) is 114 Å². The molecule has 2 N–H and O–H groups in total. The molecule has 11 heteroatoms. The fourth-order valence-electron chi connectivity index (χ4n) is 10.2. The number of benzene rings is 2. The van der Waals surface area contributed by atoms with Crippen molar-refractivity contribution in [2.45, 2.75) is 83.2 Å². The minimum Gasteiger partial charge on any atom is -0.369 e. The number of hydrazine groups is 1. The Morgan fingerprint density at radius 3 is 2.40 bits per heavy atom. The molecular weight excluding hydrogens is 724 g/mol. The number of nitrogens with one attached hydrogen (secondary N) is 2. The van der Waals surface area contributed by atoms with Crippen LogP contribution in [0.4, 0.5) is 16.0 Å². The number of anilines is 2. The van der Waals surface area contributed by atoms with Crippen LogP contribution in [0, 0.1) is 5.92 Å². The molecule has 3 fully saturated rings. The smallest absolute Gasteiger partial charge is 0.225 e. The molecule has 0 bridgehead atoms. The van der Waals surface area contributed by atoms with Crippen LogP contribution in [-0.4, -0.2) is 106 Å². The first-order chi connectivity index (χ1) is 28.0. The predicted molar refractivity (Wildman–Crippen MR) is 234 cm³/mol. The quantitative estimate of drug-likeness (QED) is 0.168. The van der Waals surface area contributed by atoms with E-state index in [0.717, 1.165) is 111 Å². The van der Waals surface area contributed by atoms with Gasteiger partial charge in [-0.15, -0.1) is 0 Å². The SMILES string of the molecule is C=C1CCC(N2Cc3cc(N4CCN(CCCC5CCN(c6ncc(C7c8[nH]c9ccccc9c8CN(C)N7CC(C)(C)F)cn6)CC5)CC4)ccc3C2=C)C(=C)N1. The number of aromatic amines is 1. The number of halogens is 1. The van der Waals surface area contributed by atoms with Gasteiger partial charge in [0.1, 0.15) is 5.67 Å². The third-order valence-corrected chi connectivity index (χ3v) is 13.4. The fraction of sp³-hybridized carbons (Fsp3) is 0.489. The first-order valence-corrected chi connectivity index (χ1v) is 21.5. The Kier molecular flexibility index (Phi) is 10.6. The third kappa shape index (κ3) is 7.76. The van der Waals surface area contributed by atoms with E-state index in [1.54, 1.807) is 13.8 Å². The maximum absolute atomic E-state index is 15.2. The van der Waals surface area contributed by atoms with Gasteiger partial charge in [0.15, 0.2) is 0 Å². The van der Waals surface area contributed by atoms with E-state index in [4.69, 9.17) is 9.97 Å². The average Bonchev–Trinajstić information content (AvgIpc) is 3.74. The number of piperazine rings is 1. The van der Waals surface area contributed by atoms with Crippen LogP contribution in [0.25, 0.3) is 16.6 Å². The van der Waals surface area contributed by atoms with E-state index >= 15 is 4.39 Å². The molecule has 2 aromatic carbocycles. The van der Waals surface area contributed by atoms with Crippen LogP contribution in [0.1, 0.15) is 86.4 Å². The summed E-state index contributed by atoms with van der Waals surface area (Å²) in [6.45, 7) is 25.6. The Morgan fingerprint density at radius 2 is 1.66 bits per heavy atom. The minimum absolute atomic E-state index is 0.197. The van der Waals surface area contributed by atoms with Crippen molar-refractivity contribution in [1.29, 1.82) is 0 Å². The third-order valence-electron chi connectivity index (χ3n) is 13.4. The molecule has 2 atom stereocenters. The molecule has 9 rings (SSSR count). The van der Waals surface area contributed by atoms with Gasteiger partial charge in [-0.1, -0.05) is 44.0 Å². The second-order valence-electron chi connectivity index (χ2n) is 18.0. The molecule has 0 amide bonds. The van der Waals surface area contributed by atoms with Crippen molar-refractivity contribution in [3.63, 3.8) is 0 Å². The van der Waals surface area contributed by atoms with Crippen LogP contribution in [0.2, 0.25) is 0 Å². The highest BCUT2D eigenvalue weighted by molar-refractivity contribution is 5.85. The lowest BCUT2D eigenvalue weighted by Crippen LogP contribution is -2.50. The zero-order valence-electron chi connectivity index (χ0n) is 34.8. The summed E-state index contributed by atoms with van der Waals surface area (Å²) < 4.78 is 15.2. The molecule has 0 radical (unpaired) electrons. The number of piperidine rings is 2. The van der Waals surface area contributed by atoms with Gasteiger partial charge in [-0.3, -0.25) is 4.90 Å². The van der Waals surface area contributed by atoms with Gasteiger partial charge in [0.25, 0.3) is 0 Å². The van der Waals surface area contributed by atoms with Crippen LogP contribution >= 0.6 is 0 Å². The van der Waals surface area contributed by atoms with Gasteiger partial charge in [-0.25, -0.2) is 24.4 Å². The number of nitrogens with zero attached hydrogens (tertiary/aromatic N) is 8. The lowest BCUT2D eigenvalue weighted by molar-refractivity contribution is -0.0781. The number of hydrogen-bond acceptors (Lipinski definition) is 9. The highest BCUT2D eigenvalue weighted by Crippen LogP contribution is 2.41. The maximum Gasteiger partial charge on any atom is 0.225 e. The Labute approximate surface area is 344 Å². The van der Waals surface area contributed by atoms with E-state index < -0.39 is 5.67 Å². The molecular formula is C47H61FN10. The Hall–Kier alpha value is -4.71. The minimum atomic E-state index is -1.36. The van der Waals surface area contributed by atoms with E-state index in [2.05, 4.69) is 109 Å². The highest BCUT2D eigenvalue weighted by atomic mass is 19.1. The molecule has 2 aromatic heterocycles. The lowest BCUT2D eigenvalue weighted by Gasteiger charge is -2.44. The van der Waals surface area contributed by atoms with Gasteiger partial charge in [-0.05, 0) is 94.2 Å². The van der Waals surface area contributed by atoms with E-state index in [9.17, 15) is 0 Å². The summed E-state index contributed by atoms with van der Waals surface area (Å²) in [5.41, 5.74) is 10.3. The van der Waals surface area contributed by atoms with Crippen molar-refractivity contribution >= 4 is 28.2 Å². The monoisotopic (exact) mass is 785 g/mol. The standard InChI is InChI=1S/C47H61FN10/c1-32-13-16-43(33(2)51-32)57-29-36-26-38(14-15-39(36)34(57)3)55-24-22-54(23-25-55)19-9-10-35-17-20-56(21-18-35)46-49-27-37(28-50-46)45-44-41(40-11-7-8-12-42(40)52-44)30-53(6)58(45)31-47(4,5)48/h7-8,11-12,14-15,26-28,35,43,45,51-52H,1-3,9-10,13,16-25,29-31H2,4-6H3. The summed E-state index contributed by atoms with van der Waals surface area (Å²) in [7, 11) is 2.05. The highest BCUT2D eigenvalue weighted by Gasteiger charge is 2.39. The topological polar surface area (TPSA) is 73.0 Å².